The zero-order valence-electron chi connectivity index (χ0n) is 15.6. The number of halogens is 1. The normalized spacial score (nSPS) is 15.7. The van der Waals surface area contributed by atoms with Crippen LogP contribution in [0.25, 0.3) is 0 Å². The Kier molecular flexibility index (Phi) is 6.42. The Morgan fingerprint density at radius 2 is 1.89 bits per heavy atom. The summed E-state index contributed by atoms with van der Waals surface area (Å²) in [4.78, 5) is 16.2. The minimum atomic E-state index is -3.76. The van der Waals surface area contributed by atoms with Crippen LogP contribution in [0.4, 0.5) is 4.39 Å². The lowest BCUT2D eigenvalue weighted by molar-refractivity contribution is -0.132. The summed E-state index contributed by atoms with van der Waals surface area (Å²) >= 11 is 0. The number of nitrogens with one attached hydrogen (secondary N) is 1. The van der Waals surface area contributed by atoms with E-state index >= 15 is 0 Å². The highest BCUT2D eigenvalue weighted by Crippen LogP contribution is 2.11. The summed E-state index contributed by atoms with van der Waals surface area (Å²) in [7, 11) is -3.76. The van der Waals surface area contributed by atoms with Crippen molar-refractivity contribution in [3.8, 4) is 0 Å². The van der Waals surface area contributed by atoms with Crippen LogP contribution in [0, 0.1) is 12.7 Å². The van der Waals surface area contributed by atoms with E-state index in [-0.39, 0.29) is 23.8 Å². The van der Waals surface area contributed by atoms with Crippen molar-refractivity contribution in [3.63, 3.8) is 0 Å². The third-order valence-corrected chi connectivity index (χ3v) is 6.01. The number of amides is 1. The monoisotopic (exact) mass is 410 g/mol. The van der Waals surface area contributed by atoms with Gasteiger partial charge in [0.15, 0.2) is 5.76 Å². The van der Waals surface area contributed by atoms with E-state index in [9.17, 15) is 17.6 Å². The third-order valence-electron chi connectivity index (χ3n) is 4.54. The molecule has 1 aliphatic rings. The second-order valence-corrected chi connectivity index (χ2v) is 8.46. The van der Waals surface area contributed by atoms with Crippen LogP contribution in [0.5, 0.6) is 0 Å². The highest BCUT2D eigenvalue weighted by Gasteiger charge is 2.22. The highest BCUT2D eigenvalue weighted by molar-refractivity contribution is 7.89. The number of hydrogen-bond donors (Lipinski definition) is 1. The van der Waals surface area contributed by atoms with Gasteiger partial charge in [0.05, 0.1) is 17.1 Å². The number of hydrogen-bond acceptors (Lipinski definition) is 6. The molecule has 1 aromatic heterocycles. The molecule has 0 radical (unpaired) electrons. The smallest absolute Gasteiger partial charge is 0.240 e. The SMILES string of the molecule is Cc1cc(CN2CCN(C(=O)CCNS(=O)(=O)c3ccc(F)cc3)CC2)on1. The molecule has 0 unspecified atom stereocenters. The summed E-state index contributed by atoms with van der Waals surface area (Å²) in [6, 6.07) is 6.44. The molecule has 1 N–H and O–H groups in total. The molecule has 1 fully saturated rings. The quantitative estimate of drug-likeness (QED) is 0.735. The number of piperazine rings is 1. The second kappa shape index (κ2) is 8.80. The second-order valence-electron chi connectivity index (χ2n) is 6.69. The zero-order chi connectivity index (χ0) is 20.1. The van der Waals surface area contributed by atoms with Crippen LogP contribution in [0.1, 0.15) is 17.9 Å². The van der Waals surface area contributed by atoms with E-state index in [0.29, 0.717) is 32.7 Å². The molecule has 1 saturated heterocycles. The number of aromatic nitrogens is 1. The molecule has 1 aromatic carbocycles. The first-order valence-corrected chi connectivity index (χ1v) is 10.5. The molecule has 10 heteroatoms. The summed E-state index contributed by atoms with van der Waals surface area (Å²) in [6.07, 6.45) is 0.0712. The Hall–Kier alpha value is -2.30. The average Bonchev–Trinajstić information content (AvgIpc) is 3.07. The molecular weight excluding hydrogens is 387 g/mol. The first-order chi connectivity index (χ1) is 13.3. The Morgan fingerprint density at radius 1 is 1.21 bits per heavy atom. The standard InChI is InChI=1S/C18H23FN4O4S/c1-14-12-16(27-21-14)13-22-8-10-23(11-9-22)18(24)6-7-20-28(25,26)17-4-2-15(19)3-5-17/h2-5,12,20H,6-11,13H2,1H3. The number of nitrogens with zero attached hydrogens (tertiary/aromatic N) is 3. The molecule has 1 amide bonds. The van der Waals surface area contributed by atoms with Gasteiger partial charge in [-0.1, -0.05) is 5.16 Å². The van der Waals surface area contributed by atoms with E-state index < -0.39 is 15.8 Å². The van der Waals surface area contributed by atoms with E-state index in [4.69, 9.17) is 4.52 Å². The Balaban J connectivity index is 1.41. The fraction of sp³-hybridized carbons (Fsp3) is 0.444. The van der Waals surface area contributed by atoms with E-state index in [1.165, 1.54) is 12.1 Å². The largest absolute Gasteiger partial charge is 0.360 e. The van der Waals surface area contributed by atoms with Gasteiger partial charge in [0.2, 0.25) is 15.9 Å². The van der Waals surface area contributed by atoms with Crippen molar-refractivity contribution in [1.29, 1.82) is 0 Å². The van der Waals surface area contributed by atoms with E-state index in [1.54, 1.807) is 4.90 Å². The van der Waals surface area contributed by atoms with Crippen LogP contribution in [-0.4, -0.2) is 62.0 Å². The fourth-order valence-corrected chi connectivity index (χ4v) is 4.05. The number of sulfonamides is 1. The highest BCUT2D eigenvalue weighted by atomic mass is 32.2. The number of rotatable bonds is 7. The number of carbonyl (C=O) groups is 1. The van der Waals surface area contributed by atoms with Gasteiger partial charge in [-0.2, -0.15) is 0 Å². The van der Waals surface area contributed by atoms with Crippen molar-refractivity contribution in [1.82, 2.24) is 19.7 Å². The van der Waals surface area contributed by atoms with E-state index in [1.807, 2.05) is 13.0 Å². The summed E-state index contributed by atoms with van der Waals surface area (Å²) < 4.78 is 44.8. The molecule has 152 valence electrons. The molecule has 0 atom stereocenters. The molecular formula is C18H23FN4O4S. The van der Waals surface area contributed by atoms with Crippen molar-refractivity contribution in [2.24, 2.45) is 0 Å². The lowest BCUT2D eigenvalue weighted by atomic mass is 10.2. The molecule has 28 heavy (non-hydrogen) atoms. The summed E-state index contributed by atoms with van der Waals surface area (Å²) in [6.45, 7) is 5.11. The Bertz CT molecular complexity index is 906. The Labute approximate surface area is 163 Å². The number of aryl methyl sites for hydroxylation is 1. The predicted molar refractivity (Wildman–Crippen MR) is 99.3 cm³/mol. The summed E-state index contributed by atoms with van der Waals surface area (Å²) in [5.74, 6) is 0.191. The van der Waals surface area contributed by atoms with Crippen LogP contribution < -0.4 is 4.72 Å². The van der Waals surface area contributed by atoms with Crippen molar-refractivity contribution < 1.29 is 22.1 Å². The van der Waals surface area contributed by atoms with Crippen molar-refractivity contribution in [2.75, 3.05) is 32.7 Å². The van der Waals surface area contributed by atoms with Gasteiger partial charge in [0.1, 0.15) is 5.82 Å². The molecule has 1 aliphatic heterocycles. The van der Waals surface area contributed by atoms with Gasteiger partial charge in [0, 0.05) is 45.2 Å². The minimum absolute atomic E-state index is 0.00387. The predicted octanol–water partition coefficient (Wildman–Crippen LogP) is 1.13. The van der Waals surface area contributed by atoms with Crippen molar-refractivity contribution in [2.45, 2.75) is 24.8 Å². The van der Waals surface area contributed by atoms with E-state index in [2.05, 4.69) is 14.8 Å². The molecule has 0 aliphatic carbocycles. The molecule has 0 spiro atoms. The lowest BCUT2D eigenvalue weighted by Crippen LogP contribution is -2.48. The third kappa shape index (κ3) is 5.37. The fourth-order valence-electron chi connectivity index (χ4n) is 3.01. The summed E-state index contributed by atoms with van der Waals surface area (Å²) in [5.41, 5.74) is 0.840. The van der Waals surface area contributed by atoms with Gasteiger partial charge in [-0.05, 0) is 31.2 Å². The van der Waals surface area contributed by atoms with Gasteiger partial charge in [0.25, 0.3) is 0 Å². The minimum Gasteiger partial charge on any atom is -0.360 e. The first kappa shape index (κ1) is 20.4. The zero-order valence-corrected chi connectivity index (χ0v) is 16.4. The van der Waals surface area contributed by atoms with Gasteiger partial charge < -0.3 is 9.42 Å². The molecule has 8 nitrogen and oxygen atoms in total. The van der Waals surface area contributed by atoms with Crippen molar-refractivity contribution >= 4 is 15.9 Å². The molecule has 3 rings (SSSR count). The van der Waals surface area contributed by atoms with Crippen LogP contribution in [0.3, 0.4) is 0 Å². The number of benzene rings is 1. The lowest BCUT2D eigenvalue weighted by Gasteiger charge is -2.34. The van der Waals surface area contributed by atoms with Gasteiger partial charge >= 0.3 is 0 Å². The number of carbonyl (C=O) groups excluding carboxylic acids is 1. The molecule has 0 bridgehead atoms. The maximum absolute atomic E-state index is 12.9. The van der Waals surface area contributed by atoms with Gasteiger partial charge in [-0.15, -0.1) is 0 Å². The molecule has 2 aromatic rings. The average molecular weight is 410 g/mol. The molecule has 0 saturated carbocycles. The van der Waals surface area contributed by atoms with Crippen LogP contribution >= 0.6 is 0 Å². The Morgan fingerprint density at radius 3 is 2.50 bits per heavy atom. The first-order valence-electron chi connectivity index (χ1n) is 9.01. The maximum atomic E-state index is 12.9. The van der Waals surface area contributed by atoms with Gasteiger partial charge in [-0.25, -0.2) is 17.5 Å². The topological polar surface area (TPSA) is 95.8 Å². The van der Waals surface area contributed by atoms with Crippen LogP contribution in [0.2, 0.25) is 0 Å². The van der Waals surface area contributed by atoms with Crippen LogP contribution in [0.15, 0.2) is 39.8 Å². The van der Waals surface area contributed by atoms with Gasteiger partial charge in [-0.3, -0.25) is 9.69 Å². The summed E-state index contributed by atoms with van der Waals surface area (Å²) in [5, 5.41) is 3.86. The van der Waals surface area contributed by atoms with Crippen LogP contribution in [-0.2, 0) is 21.4 Å². The molecule has 2 heterocycles. The maximum Gasteiger partial charge on any atom is 0.240 e. The van der Waals surface area contributed by atoms with E-state index in [0.717, 1.165) is 23.6 Å². The van der Waals surface area contributed by atoms with Crippen molar-refractivity contribution in [3.05, 3.63) is 47.6 Å².